The lowest BCUT2D eigenvalue weighted by Gasteiger charge is -2.34. The van der Waals surface area contributed by atoms with Crippen LogP contribution >= 0.6 is 0 Å². The van der Waals surface area contributed by atoms with E-state index in [1.54, 1.807) is 18.7 Å². The van der Waals surface area contributed by atoms with Gasteiger partial charge in [-0.2, -0.15) is 0 Å². The van der Waals surface area contributed by atoms with E-state index in [0.29, 0.717) is 13.1 Å². The van der Waals surface area contributed by atoms with Crippen LogP contribution in [0.3, 0.4) is 0 Å². The summed E-state index contributed by atoms with van der Waals surface area (Å²) >= 11 is 0. The van der Waals surface area contributed by atoms with Gasteiger partial charge in [-0.25, -0.2) is 0 Å². The quantitative estimate of drug-likeness (QED) is 0.817. The maximum atomic E-state index is 12.2. The van der Waals surface area contributed by atoms with E-state index in [4.69, 9.17) is 0 Å². The first-order valence-electron chi connectivity index (χ1n) is 7.33. The van der Waals surface area contributed by atoms with Crippen molar-refractivity contribution in [2.45, 2.75) is 65.5 Å². The summed E-state index contributed by atoms with van der Waals surface area (Å²) in [5.74, 6) is -0.0467. The molecular formula is C15H28N2O3. The molecule has 0 saturated carbocycles. The Morgan fingerprint density at radius 3 is 2.35 bits per heavy atom. The van der Waals surface area contributed by atoms with Crippen molar-refractivity contribution >= 4 is 11.8 Å². The Kier molecular flexibility index (Phi) is 5.19. The van der Waals surface area contributed by atoms with Gasteiger partial charge in [0.2, 0.25) is 11.8 Å². The third-order valence-corrected chi connectivity index (χ3v) is 3.69. The lowest BCUT2D eigenvalue weighted by Crippen LogP contribution is -2.49. The predicted molar refractivity (Wildman–Crippen MR) is 78.1 cm³/mol. The van der Waals surface area contributed by atoms with Crippen molar-refractivity contribution in [3.05, 3.63) is 0 Å². The Balaban J connectivity index is 2.45. The molecule has 2 amide bonds. The Labute approximate surface area is 121 Å². The number of carbonyl (C=O) groups is 2. The average Bonchev–Trinajstić information content (AvgIpc) is 2.75. The van der Waals surface area contributed by atoms with Crippen molar-refractivity contribution in [2.24, 2.45) is 5.41 Å². The van der Waals surface area contributed by atoms with Crippen molar-refractivity contribution < 1.29 is 14.7 Å². The SMILES string of the molecule is CC(C)(C)C(=O)NCCC(=O)N1CCCC1C(C)(C)O. The van der Waals surface area contributed by atoms with E-state index in [0.717, 1.165) is 12.8 Å². The van der Waals surface area contributed by atoms with E-state index < -0.39 is 11.0 Å². The number of nitrogens with one attached hydrogen (secondary N) is 1. The van der Waals surface area contributed by atoms with Gasteiger partial charge in [0, 0.05) is 24.9 Å². The zero-order chi connectivity index (χ0) is 15.6. The van der Waals surface area contributed by atoms with Crippen LogP contribution in [0.5, 0.6) is 0 Å². The average molecular weight is 284 g/mol. The summed E-state index contributed by atoms with van der Waals surface area (Å²) in [6.45, 7) is 10.1. The lowest BCUT2D eigenvalue weighted by molar-refractivity contribution is -0.136. The van der Waals surface area contributed by atoms with E-state index in [9.17, 15) is 14.7 Å². The van der Waals surface area contributed by atoms with Crippen LogP contribution in [-0.4, -0.2) is 46.6 Å². The van der Waals surface area contributed by atoms with Crippen LogP contribution < -0.4 is 5.32 Å². The minimum absolute atomic E-state index is 0.00355. The minimum Gasteiger partial charge on any atom is -0.388 e. The van der Waals surface area contributed by atoms with Crippen LogP contribution in [0.15, 0.2) is 0 Å². The molecule has 1 unspecified atom stereocenters. The second-order valence-corrected chi connectivity index (χ2v) is 7.15. The van der Waals surface area contributed by atoms with Gasteiger partial charge in [-0.15, -0.1) is 0 Å². The zero-order valence-corrected chi connectivity index (χ0v) is 13.3. The molecule has 1 aliphatic heterocycles. The number of rotatable bonds is 4. The molecule has 0 aliphatic carbocycles. The lowest BCUT2D eigenvalue weighted by atomic mass is 9.95. The highest BCUT2D eigenvalue weighted by molar-refractivity contribution is 5.82. The predicted octanol–water partition coefficient (Wildman–Crippen LogP) is 1.30. The fourth-order valence-electron chi connectivity index (χ4n) is 2.49. The number of carbonyl (C=O) groups excluding carboxylic acids is 2. The first-order chi connectivity index (χ1) is 9.03. The summed E-state index contributed by atoms with van der Waals surface area (Å²) in [6.07, 6.45) is 2.05. The molecule has 20 heavy (non-hydrogen) atoms. The summed E-state index contributed by atoms with van der Waals surface area (Å²) < 4.78 is 0. The summed E-state index contributed by atoms with van der Waals surface area (Å²) in [6, 6.07) is -0.117. The van der Waals surface area contributed by atoms with Crippen molar-refractivity contribution in [1.29, 1.82) is 0 Å². The summed E-state index contributed by atoms with van der Waals surface area (Å²) in [5, 5.41) is 12.9. The number of amides is 2. The van der Waals surface area contributed by atoms with Crippen molar-refractivity contribution in [3.63, 3.8) is 0 Å². The molecule has 5 heteroatoms. The second-order valence-electron chi connectivity index (χ2n) is 7.15. The Morgan fingerprint density at radius 1 is 1.25 bits per heavy atom. The van der Waals surface area contributed by atoms with Gasteiger partial charge in [-0.3, -0.25) is 9.59 Å². The molecule has 1 fully saturated rings. The van der Waals surface area contributed by atoms with Gasteiger partial charge in [0.05, 0.1) is 11.6 Å². The largest absolute Gasteiger partial charge is 0.388 e. The van der Waals surface area contributed by atoms with Gasteiger partial charge >= 0.3 is 0 Å². The molecule has 0 spiro atoms. The molecule has 2 N–H and O–H groups in total. The highest BCUT2D eigenvalue weighted by Crippen LogP contribution is 2.27. The van der Waals surface area contributed by atoms with E-state index in [2.05, 4.69) is 5.32 Å². The van der Waals surface area contributed by atoms with E-state index in [1.807, 2.05) is 20.8 Å². The highest BCUT2D eigenvalue weighted by Gasteiger charge is 2.38. The number of likely N-dealkylation sites (tertiary alicyclic amines) is 1. The molecule has 1 aliphatic rings. The Morgan fingerprint density at radius 2 is 1.85 bits per heavy atom. The van der Waals surface area contributed by atoms with Gasteiger partial charge in [0.15, 0.2) is 0 Å². The molecule has 1 saturated heterocycles. The monoisotopic (exact) mass is 284 g/mol. The van der Waals surface area contributed by atoms with Crippen molar-refractivity contribution in [2.75, 3.05) is 13.1 Å². The molecule has 1 heterocycles. The van der Waals surface area contributed by atoms with Gasteiger partial charge < -0.3 is 15.3 Å². The van der Waals surface area contributed by atoms with Crippen LogP contribution in [0.1, 0.15) is 53.9 Å². The maximum absolute atomic E-state index is 12.2. The van der Waals surface area contributed by atoms with E-state index in [1.165, 1.54) is 0 Å². The van der Waals surface area contributed by atoms with E-state index >= 15 is 0 Å². The smallest absolute Gasteiger partial charge is 0.225 e. The Hall–Kier alpha value is -1.10. The molecule has 0 aromatic carbocycles. The van der Waals surface area contributed by atoms with Gasteiger partial charge in [0.1, 0.15) is 0 Å². The molecule has 0 bridgehead atoms. The molecule has 1 rings (SSSR count). The summed E-state index contributed by atoms with van der Waals surface area (Å²) in [7, 11) is 0. The first kappa shape index (κ1) is 17.0. The van der Waals surface area contributed by atoms with Crippen LogP contribution in [0, 0.1) is 5.41 Å². The van der Waals surface area contributed by atoms with Crippen molar-refractivity contribution in [1.82, 2.24) is 10.2 Å². The molecule has 0 aromatic rings. The molecule has 0 radical (unpaired) electrons. The zero-order valence-electron chi connectivity index (χ0n) is 13.3. The van der Waals surface area contributed by atoms with Crippen LogP contribution in [0.2, 0.25) is 0 Å². The molecule has 1 atom stereocenters. The summed E-state index contributed by atoms with van der Waals surface area (Å²) in [4.78, 5) is 25.7. The fourth-order valence-corrected chi connectivity index (χ4v) is 2.49. The number of aliphatic hydroxyl groups is 1. The topological polar surface area (TPSA) is 69.6 Å². The fraction of sp³-hybridized carbons (Fsp3) is 0.867. The van der Waals surface area contributed by atoms with Gasteiger partial charge in [0.25, 0.3) is 0 Å². The number of hydrogen-bond donors (Lipinski definition) is 2. The normalized spacial score (nSPS) is 20.1. The molecule has 116 valence electrons. The van der Waals surface area contributed by atoms with Crippen LogP contribution in [-0.2, 0) is 9.59 Å². The first-order valence-corrected chi connectivity index (χ1v) is 7.33. The number of nitrogens with zero attached hydrogens (tertiary/aromatic N) is 1. The minimum atomic E-state index is -0.874. The van der Waals surface area contributed by atoms with Crippen molar-refractivity contribution in [3.8, 4) is 0 Å². The second kappa shape index (κ2) is 6.12. The third-order valence-electron chi connectivity index (χ3n) is 3.69. The Bertz CT molecular complexity index is 366. The maximum Gasteiger partial charge on any atom is 0.225 e. The highest BCUT2D eigenvalue weighted by atomic mass is 16.3. The van der Waals surface area contributed by atoms with Crippen LogP contribution in [0.25, 0.3) is 0 Å². The number of hydrogen-bond acceptors (Lipinski definition) is 3. The third kappa shape index (κ3) is 4.47. The summed E-state index contributed by atoms with van der Waals surface area (Å²) in [5.41, 5.74) is -1.31. The standard InChI is InChI=1S/C15H28N2O3/c1-14(2,3)13(19)16-9-8-12(18)17-10-6-7-11(17)15(4,5)20/h11,20H,6-10H2,1-5H3,(H,16,19). The molecular weight excluding hydrogens is 256 g/mol. The molecule has 0 aromatic heterocycles. The van der Waals surface area contributed by atoms with Gasteiger partial charge in [-0.1, -0.05) is 20.8 Å². The van der Waals surface area contributed by atoms with Crippen LogP contribution in [0.4, 0.5) is 0 Å². The van der Waals surface area contributed by atoms with Gasteiger partial charge in [-0.05, 0) is 26.7 Å². The molecule has 5 nitrogen and oxygen atoms in total. The van der Waals surface area contributed by atoms with E-state index in [-0.39, 0.29) is 24.3 Å².